The smallest absolute Gasteiger partial charge is 0.287 e. The summed E-state index contributed by atoms with van der Waals surface area (Å²) in [5.74, 6) is 0.580. The monoisotopic (exact) mass is 336 g/mol. The zero-order valence-electron chi connectivity index (χ0n) is 12.4. The van der Waals surface area contributed by atoms with E-state index >= 15 is 0 Å². The van der Waals surface area contributed by atoms with Gasteiger partial charge < -0.3 is 5.32 Å². The predicted molar refractivity (Wildman–Crippen MR) is 85.6 cm³/mol. The predicted octanol–water partition coefficient (Wildman–Crippen LogP) is 1.60. The van der Waals surface area contributed by atoms with E-state index in [-0.39, 0.29) is 10.6 Å². The number of benzene rings is 1. The van der Waals surface area contributed by atoms with Crippen molar-refractivity contribution in [3.05, 3.63) is 57.8 Å². The Balaban J connectivity index is 1.96. The van der Waals surface area contributed by atoms with Gasteiger partial charge in [0.1, 0.15) is 12.0 Å². The Morgan fingerprint density at radius 2 is 1.96 bits per heavy atom. The molecule has 0 aliphatic carbocycles. The van der Waals surface area contributed by atoms with Gasteiger partial charge in [0.05, 0.1) is 9.82 Å². The van der Waals surface area contributed by atoms with E-state index in [0.717, 1.165) is 5.56 Å². The highest BCUT2D eigenvalue weighted by atomic mass is 32.2. The topological polar surface area (TPSA) is 128 Å². The molecule has 0 aliphatic rings. The molecular formula is C14H16N4O4S. The van der Waals surface area contributed by atoms with Crippen LogP contribution in [0.5, 0.6) is 0 Å². The van der Waals surface area contributed by atoms with Crippen LogP contribution in [0.4, 0.5) is 11.5 Å². The molecule has 23 heavy (non-hydrogen) atoms. The van der Waals surface area contributed by atoms with E-state index in [0.29, 0.717) is 24.3 Å². The molecule has 0 saturated carbocycles. The molecule has 2 rings (SSSR count). The fourth-order valence-corrected chi connectivity index (χ4v) is 2.53. The molecule has 1 heterocycles. The van der Waals surface area contributed by atoms with Crippen LogP contribution in [0.15, 0.2) is 41.4 Å². The molecule has 3 N–H and O–H groups in total. The lowest BCUT2D eigenvalue weighted by Crippen LogP contribution is -2.12. The fraction of sp³-hybridized carbons (Fsp3) is 0.214. The number of nitrogens with two attached hydrogens (primary N) is 1. The molecule has 0 unspecified atom stereocenters. The first-order valence-corrected chi connectivity index (χ1v) is 8.28. The lowest BCUT2D eigenvalue weighted by Gasteiger charge is -2.08. The average Bonchev–Trinajstić information content (AvgIpc) is 2.48. The van der Waals surface area contributed by atoms with E-state index in [1.54, 1.807) is 19.1 Å². The molecule has 0 aliphatic heterocycles. The first-order valence-electron chi connectivity index (χ1n) is 6.74. The second kappa shape index (κ2) is 6.71. The summed E-state index contributed by atoms with van der Waals surface area (Å²) < 4.78 is 22.3. The number of aryl methyl sites for hydroxylation is 1. The maximum absolute atomic E-state index is 11.2. The molecule has 0 saturated heterocycles. The number of nitrogens with one attached hydrogen (secondary N) is 1. The molecule has 9 heteroatoms. The minimum Gasteiger partial charge on any atom is -0.370 e. The lowest BCUT2D eigenvalue weighted by molar-refractivity contribution is -0.385. The van der Waals surface area contributed by atoms with Crippen LogP contribution >= 0.6 is 0 Å². The molecule has 122 valence electrons. The van der Waals surface area contributed by atoms with Crippen molar-refractivity contribution < 1.29 is 13.3 Å². The standard InChI is InChI=1S/C14H16N4O4S/c1-10-8-12(18(19)20)9-17-14(10)16-7-6-11-2-4-13(5-3-11)23(15,21)22/h2-5,8-9H,6-7H2,1H3,(H,16,17)(H2,15,21,22). The van der Waals surface area contributed by atoms with Crippen molar-refractivity contribution in [2.24, 2.45) is 5.14 Å². The summed E-state index contributed by atoms with van der Waals surface area (Å²) in [5, 5.41) is 18.8. The minimum atomic E-state index is -3.68. The highest BCUT2D eigenvalue weighted by molar-refractivity contribution is 7.89. The molecule has 0 atom stereocenters. The van der Waals surface area contributed by atoms with Crippen LogP contribution in [0.25, 0.3) is 0 Å². The van der Waals surface area contributed by atoms with E-state index in [1.807, 2.05) is 0 Å². The summed E-state index contributed by atoms with van der Waals surface area (Å²) in [6.07, 6.45) is 1.85. The Labute approximate surface area is 133 Å². The van der Waals surface area contributed by atoms with Crippen molar-refractivity contribution in [2.75, 3.05) is 11.9 Å². The van der Waals surface area contributed by atoms with Gasteiger partial charge in [0.2, 0.25) is 10.0 Å². The van der Waals surface area contributed by atoms with Crippen LogP contribution in [-0.2, 0) is 16.4 Å². The second-order valence-corrected chi connectivity index (χ2v) is 6.54. The van der Waals surface area contributed by atoms with Gasteiger partial charge >= 0.3 is 0 Å². The Kier molecular flexibility index (Phi) is 4.92. The summed E-state index contributed by atoms with van der Waals surface area (Å²) in [4.78, 5) is 14.3. The van der Waals surface area contributed by atoms with Gasteiger partial charge in [-0.15, -0.1) is 0 Å². The normalized spacial score (nSPS) is 11.2. The summed E-state index contributed by atoms with van der Waals surface area (Å²) in [5.41, 5.74) is 1.57. The van der Waals surface area contributed by atoms with Crippen molar-refractivity contribution in [1.82, 2.24) is 4.98 Å². The zero-order valence-corrected chi connectivity index (χ0v) is 13.2. The quantitative estimate of drug-likeness (QED) is 0.609. The highest BCUT2D eigenvalue weighted by Gasteiger charge is 2.09. The number of nitrogens with zero attached hydrogens (tertiary/aromatic N) is 2. The number of rotatable bonds is 6. The number of sulfonamides is 1. The lowest BCUT2D eigenvalue weighted by atomic mass is 10.1. The largest absolute Gasteiger partial charge is 0.370 e. The van der Waals surface area contributed by atoms with Crippen LogP contribution in [0.2, 0.25) is 0 Å². The molecule has 0 bridgehead atoms. The SMILES string of the molecule is Cc1cc([N+](=O)[O-])cnc1NCCc1ccc(S(N)(=O)=O)cc1. The van der Waals surface area contributed by atoms with Crippen LogP contribution in [0.1, 0.15) is 11.1 Å². The third kappa shape index (κ3) is 4.47. The molecule has 1 aromatic heterocycles. The molecule has 1 aromatic carbocycles. The van der Waals surface area contributed by atoms with E-state index in [2.05, 4.69) is 10.3 Å². The molecule has 2 aromatic rings. The van der Waals surface area contributed by atoms with Gasteiger partial charge in [-0.1, -0.05) is 12.1 Å². The summed E-state index contributed by atoms with van der Waals surface area (Å²) in [6, 6.07) is 7.76. The Bertz CT molecular complexity index is 819. The first-order chi connectivity index (χ1) is 10.8. The van der Waals surface area contributed by atoms with Crippen LogP contribution in [0.3, 0.4) is 0 Å². The van der Waals surface area contributed by atoms with Crippen molar-refractivity contribution in [2.45, 2.75) is 18.2 Å². The summed E-state index contributed by atoms with van der Waals surface area (Å²) in [7, 11) is -3.68. The third-order valence-electron chi connectivity index (χ3n) is 3.23. The van der Waals surface area contributed by atoms with Crippen LogP contribution < -0.4 is 10.5 Å². The maximum atomic E-state index is 11.2. The third-order valence-corrected chi connectivity index (χ3v) is 4.16. The fourth-order valence-electron chi connectivity index (χ4n) is 2.02. The zero-order chi connectivity index (χ0) is 17.0. The molecule has 0 amide bonds. The van der Waals surface area contributed by atoms with Crippen molar-refractivity contribution in [3.8, 4) is 0 Å². The summed E-state index contributed by atoms with van der Waals surface area (Å²) in [6.45, 7) is 2.30. The van der Waals surface area contributed by atoms with Gasteiger partial charge in [0.15, 0.2) is 0 Å². The number of aromatic nitrogens is 1. The van der Waals surface area contributed by atoms with E-state index in [4.69, 9.17) is 5.14 Å². The van der Waals surface area contributed by atoms with Gasteiger partial charge in [-0.3, -0.25) is 10.1 Å². The number of pyridine rings is 1. The van der Waals surface area contributed by atoms with Crippen LogP contribution in [-0.4, -0.2) is 24.9 Å². The van der Waals surface area contributed by atoms with E-state index < -0.39 is 14.9 Å². The van der Waals surface area contributed by atoms with Crippen molar-refractivity contribution >= 4 is 21.5 Å². The molecule has 0 spiro atoms. The summed E-state index contributed by atoms with van der Waals surface area (Å²) >= 11 is 0. The highest BCUT2D eigenvalue weighted by Crippen LogP contribution is 2.18. The van der Waals surface area contributed by atoms with Crippen LogP contribution in [0, 0.1) is 17.0 Å². The van der Waals surface area contributed by atoms with E-state index in [9.17, 15) is 18.5 Å². The van der Waals surface area contributed by atoms with Crippen molar-refractivity contribution in [1.29, 1.82) is 0 Å². The Morgan fingerprint density at radius 3 is 2.48 bits per heavy atom. The van der Waals surface area contributed by atoms with Gasteiger partial charge in [-0.25, -0.2) is 18.5 Å². The second-order valence-electron chi connectivity index (χ2n) is 4.98. The maximum Gasteiger partial charge on any atom is 0.287 e. The molecule has 0 radical (unpaired) electrons. The molecular weight excluding hydrogens is 320 g/mol. The van der Waals surface area contributed by atoms with Gasteiger partial charge in [-0.2, -0.15) is 0 Å². The number of hydrogen-bond acceptors (Lipinski definition) is 6. The number of anilines is 1. The minimum absolute atomic E-state index is 0.0494. The molecule has 0 fully saturated rings. The van der Waals surface area contributed by atoms with Crippen molar-refractivity contribution in [3.63, 3.8) is 0 Å². The average molecular weight is 336 g/mol. The number of hydrogen-bond donors (Lipinski definition) is 2. The number of primary sulfonamides is 1. The Hall–Kier alpha value is -2.52. The first kappa shape index (κ1) is 16.8. The molecule has 8 nitrogen and oxygen atoms in total. The number of nitro groups is 1. The van der Waals surface area contributed by atoms with E-state index in [1.165, 1.54) is 24.4 Å². The van der Waals surface area contributed by atoms with Gasteiger partial charge in [0.25, 0.3) is 5.69 Å². The Morgan fingerprint density at radius 1 is 1.30 bits per heavy atom. The van der Waals surface area contributed by atoms with Gasteiger partial charge in [-0.05, 0) is 36.6 Å². The van der Waals surface area contributed by atoms with Gasteiger partial charge in [0, 0.05) is 12.6 Å².